The monoisotopic (exact) mass is 252 g/mol. The second kappa shape index (κ2) is 5.26. The SMILES string of the molecule is CCCNC(C)c1nnc(NCC2CC2(C)C)o1. The van der Waals surface area contributed by atoms with Gasteiger partial charge in [0.15, 0.2) is 0 Å². The number of nitrogens with one attached hydrogen (secondary N) is 2. The standard InChI is InChI=1S/C13H24N4O/c1-5-6-14-9(2)11-16-17-12(18-11)15-8-10-7-13(10,3)4/h9-10,14H,5-8H2,1-4H3,(H,15,17). The third-order valence-electron chi connectivity index (χ3n) is 3.73. The zero-order valence-corrected chi connectivity index (χ0v) is 11.8. The van der Waals surface area contributed by atoms with Crippen molar-refractivity contribution in [2.75, 3.05) is 18.4 Å². The predicted molar refractivity (Wildman–Crippen MR) is 71.4 cm³/mol. The highest BCUT2D eigenvalue weighted by molar-refractivity contribution is 5.19. The first-order valence-electron chi connectivity index (χ1n) is 6.83. The smallest absolute Gasteiger partial charge is 0.315 e. The molecule has 1 heterocycles. The lowest BCUT2D eigenvalue weighted by molar-refractivity contribution is 0.422. The van der Waals surface area contributed by atoms with Gasteiger partial charge in [-0.05, 0) is 37.6 Å². The lowest BCUT2D eigenvalue weighted by Gasteiger charge is -2.07. The van der Waals surface area contributed by atoms with Crippen LogP contribution in [0.5, 0.6) is 0 Å². The van der Waals surface area contributed by atoms with E-state index in [2.05, 4.69) is 41.6 Å². The molecular weight excluding hydrogens is 228 g/mol. The highest BCUT2D eigenvalue weighted by Crippen LogP contribution is 2.51. The Hall–Kier alpha value is -1.10. The average molecular weight is 252 g/mol. The van der Waals surface area contributed by atoms with Gasteiger partial charge in [-0.15, -0.1) is 5.10 Å². The van der Waals surface area contributed by atoms with Crippen LogP contribution in [-0.4, -0.2) is 23.3 Å². The van der Waals surface area contributed by atoms with Crippen molar-refractivity contribution in [3.05, 3.63) is 5.89 Å². The van der Waals surface area contributed by atoms with Crippen LogP contribution in [0.4, 0.5) is 6.01 Å². The molecule has 1 aliphatic carbocycles. The summed E-state index contributed by atoms with van der Waals surface area (Å²) in [7, 11) is 0. The minimum Gasteiger partial charge on any atom is -0.406 e. The highest BCUT2D eigenvalue weighted by Gasteiger charge is 2.45. The normalized spacial score (nSPS) is 22.8. The molecule has 0 aliphatic heterocycles. The van der Waals surface area contributed by atoms with Crippen LogP contribution in [-0.2, 0) is 0 Å². The fourth-order valence-electron chi connectivity index (χ4n) is 2.06. The molecular formula is C13H24N4O. The van der Waals surface area contributed by atoms with Gasteiger partial charge >= 0.3 is 6.01 Å². The molecule has 2 unspecified atom stereocenters. The first kappa shape index (κ1) is 13.3. The third kappa shape index (κ3) is 3.22. The molecule has 1 saturated carbocycles. The van der Waals surface area contributed by atoms with E-state index in [-0.39, 0.29) is 6.04 Å². The van der Waals surface area contributed by atoms with Gasteiger partial charge in [-0.2, -0.15) is 0 Å². The second-order valence-electron chi connectivity index (χ2n) is 5.89. The Labute approximate surface area is 109 Å². The summed E-state index contributed by atoms with van der Waals surface area (Å²) in [5.74, 6) is 1.38. The lowest BCUT2D eigenvalue weighted by Crippen LogP contribution is -2.19. The van der Waals surface area contributed by atoms with Gasteiger partial charge in [0.2, 0.25) is 5.89 Å². The average Bonchev–Trinajstić information content (AvgIpc) is 2.78. The Balaban J connectivity index is 1.79. The van der Waals surface area contributed by atoms with E-state index in [9.17, 15) is 0 Å². The number of nitrogens with zero attached hydrogens (tertiary/aromatic N) is 2. The molecule has 0 bridgehead atoms. The van der Waals surface area contributed by atoms with Crippen molar-refractivity contribution in [3.63, 3.8) is 0 Å². The molecule has 0 saturated heterocycles. The Kier molecular flexibility index (Phi) is 3.90. The number of aromatic nitrogens is 2. The summed E-state index contributed by atoms with van der Waals surface area (Å²) in [5.41, 5.74) is 0.478. The van der Waals surface area contributed by atoms with Crippen LogP contribution in [0.25, 0.3) is 0 Å². The number of hydrogen-bond acceptors (Lipinski definition) is 5. The molecule has 2 rings (SSSR count). The molecule has 1 fully saturated rings. The van der Waals surface area contributed by atoms with Gasteiger partial charge in [-0.3, -0.25) is 0 Å². The quantitative estimate of drug-likeness (QED) is 0.781. The lowest BCUT2D eigenvalue weighted by atomic mass is 10.1. The first-order chi connectivity index (χ1) is 8.53. The van der Waals surface area contributed by atoms with E-state index in [0.29, 0.717) is 17.3 Å². The van der Waals surface area contributed by atoms with E-state index in [1.54, 1.807) is 0 Å². The number of anilines is 1. The Morgan fingerprint density at radius 1 is 1.44 bits per heavy atom. The van der Waals surface area contributed by atoms with E-state index in [1.807, 2.05) is 6.92 Å². The van der Waals surface area contributed by atoms with E-state index < -0.39 is 0 Å². The van der Waals surface area contributed by atoms with Gasteiger partial charge in [0, 0.05) is 6.54 Å². The molecule has 0 radical (unpaired) electrons. The summed E-state index contributed by atoms with van der Waals surface area (Å²) in [6.07, 6.45) is 2.37. The van der Waals surface area contributed by atoms with Gasteiger partial charge in [0.1, 0.15) is 0 Å². The first-order valence-corrected chi connectivity index (χ1v) is 6.83. The number of hydrogen-bond donors (Lipinski definition) is 2. The maximum Gasteiger partial charge on any atom is 0.315 e. The molecule has 0 amide bonds. The molecule has 2 N–H and O–H groups in total. The minimum absolute atomic E-state index is 0.116. The second-order valence-corrected chi connectivity index (χ2v) is 5.89. The molecule has 1 aromatic rings. The zero-order chi connectivity index (χ0) is 13.2. The van der Waals surface area contributed by atoms with Gasteiger partial charge < -0.3 is 15.1 Å². The van der Waals surface area contributed by atoms with Crippen LogP contribution < -0.4 is 10.6 Å². The molecule has 5 nitrogen and oxygen atoms in total. The minimum atomic E-state index is 0.116. The fraction of sp³-hybridized carbons (Fsp3) is 0.846. The van der Waals surface area contributed by atoms with Crippen LogP contribution >= 0.6 is 0 Å². The van der Waals surface area contributed by atoms with Crippen molar-refractivity contribution in [1.29, 1.82) is 0 Å². The topological polar surface area (TPSA) is 63.0 Å². The van der Waals surface area contributed by atoms with E-state index in [4.69, 9.17) is 4.42 Å². The fourth-order valence-corrected chi connectivity index (χ4v) is 2.06. The summed E-state index contributed by atoms with van der Waals surface area (Å²) < 4.78 is 5.59. The molecule has 0 aromatic carbocycles. The summed E-state index contributed by atoms with van der Waals surface area (Å²) in [6.45, 7) is 10.6. The van der Waals surface area contributed by atoms with Crippen molar-refractivity contribution in [3.8, 4) is 0 Å². The Morgan fingerprint density at radius 3 is 2.78 bits per heavy atom. The Bertz CT molecular complexity index is 388. The summed E-state index contributed by atoms with van der Waals surface area (Å²) in [5, 5.41) is 14.6. The van der Waals surface area contributed by atoms with Crippen molar-refractivity contribution >= 4 is 6.01 Å². The highest BCUT2D eigenvalue weighted by atomic mass is 16.4. The predicted octanol–water partition coefficient (Wildman–Crippen LogP) is 2.59. The van der Waals surface area contributed by atoms with Gasteiger partial charge in [-0.1, -0.05) is 25.9 Å². The van der Waals surface area contributed by atoms with Crippen LogP contribution in [0.15, 0.2) is 4.42 Å². The molecule has 5 heteroatoms. The van der Waals surface area contributed by atoms with Crippen molar-refractivity contribution in [2.24, 2.45) is 11.3 Å². The zero-order valence-electron chi connectivity index (χ0n) is 11.8. The maximum atomic E-state index is 5.59. The summed E-state index contributed by atoms with van der Waals surface area (Å²) >= 11 is 0. The van der Waals surface area contributed by atoms with Crippen LogP contribution in [0.3, 0.4) is 0 Å². The van der Waals surface area contributed by atoms with Crippen LogP contribution in [0, 0.1) is 11.3 Å². The maximum absolute atomic E-state index is 5.59. The molecule has 18 heavy (non-hydrogen) atoms. The Morgan fingerprint density at radius 2 is 2.17 bits per heavy atom. The van der Waals surface area contributed by atoms with Crippen molar-refractivity contribution in [1.82, 2.24) is 15.5 Å². The van der Waals surface area contributed by atoms with E-state index >= 15 is 0 Å². The summed E-state index contributed by atoms with van der Waals surface area (Å²) in [6, 6.07) is 0.656. The molecule has 1 aromatic heterocycles. The molecule has 0 spiro atoms. The number of rotatable bonds is 7. The van der Waals surface area contributed by atoms with E-state index in [1.165, 1.54) is 6.42 Å². The molecule has 2 atom stereocenters. The van der Waals surface area contributed by atoms with E-state index in [0.717, 1.165) is 25.4 Å². The van der Waals surface area contributed by atoms with Crippen LogP contribution in [0.2, 0.25) is 0 Å². The summed E-state index contributed by atoms with van der Waals surface area (Å²) in [4.78, 5) is 0. The van der Waals surface area contributed by atoms with Gasteiger partial charge in [0.25, 0.3) is 0 Å². The van der Waals surface area contributed by atoms with Crippen molar-refractivity contribution < 1.29 is 4.42 Å². The molecule has 1 aliphatic rings. The van der Waals surface area contributed by atoms with Crippen molar-refractivity contribution in [2.45, 2.75) is 46.6 Å². The van der Waals surface area contributed by atoms with Gasteiger partial charge in [0.05, 0.1) is 6.04 Å². The molecule has 102 valence electrons. The van der Waals surface area contributed by atoms with Crippen LogP contribution in [0.1, 0.15) is 52.5 Å². The largest absolute Gasteiger partial charge is 0.406 e. The van der Waals surface area contributed by atoms with Gasteiger partial charge in [-0.25, -0.2) is 0 Å². The third-order valence-corrected chi connectivity index (χ3v) is 3.73.